The molecule has 1 saturated carbocycles. The molecule has 168 valence electrons. The summed E-state index contributed by atoms with van der Waals surface area (Å²) in [4.78, 5) is 27.4. The number of morpholine rings is 1. The Morgan fingerprint density at radius 3 is 2.77 bits per heavy atom. The molecule has 7 heteroatoms. The van der Waals surface area contributed by atoms with Gasteiger partial charge in [-0.15, -0.1) is 0 Å². The molecule has 2 unspecified atom stereocenters. The minimum Gasteiger partial charge on any atom is -0.483 e. The van der Waals surface area contributed by atoms with Gasteiger partial charge in [-0.2, -0.15) is 0 Å². The Morgan fingerprint density at radius 2 is 1.97 bits per heavy atom. The van der Waals surface area contributed by atoms with E-state index in [1.165, 1.54) is 11.1 Å². The van der Waals surface area contributed by atoms with Crippen LogP contribution in [0.3, 0.4) is 0 Å². The average Bonchev–Trinajstić information content (AvgIpc) is 2.78. The van der Waals surface area contributed by atoms with Crippen molar-refractivity contribution in [1.82, 2.24) is 10.2 Å². The molecule has 0 radical (unpaired) electrons. The maximum absolute atomic E-state index is 13.3. The summed E-state index contributed by atoms with van der Waals surface area (Å²) in [5.41, 5.74) is 1.88. The number of nitrogens with one attached hydrogen (secondary N) is 1. The van der Waals surface area contributed by atoms with E-state index in [2.05, 4.69) is 18.3 Å². The van der Waals surface area contributed by atoms with Crippen molar-refractivity contribution in [3.05, 3.63) is 29.3 Å². The summed E-state index contributed by atoms with van der Waals surface area (Å²) in [6, 6.07) is 5.86. The van der Waals surface area contributed by atoms with Gasteiger partial charge in [0, 0.05) is 12.1 Å². The Bertz CT molecular complexity index is 846. The summed E-state index contributed by atoms with van der Waals surface area (Å²) in [5.74, 6) is 1.08. The number of carbonyl (C=O) groups excluding carboxylic acids is 2. The fourth-order valence-corrected chi connectivity index (χ4v) is 5.99. The second kappa shape index (κ2) is 8.43. The highest BCUT2D eigenvalue weighted by Crippen LogP contribution is 2.41. The smallest absolute Gasteiger partial charge is 0.260 e. The maximum Gasteiger partial charge on any atom is 0.260 e. The van der Waals surface area contributed by atoms with Gasteiger partial charge in [-0.1, -0.05) is 12.1 Å². The standard InChI is InChI=1S/C24H32N2O5/c1-16-4-2-5-19-23(16)17-6-8-18(9-7-17)30-12-20-24(15-29-13-21(27)25-24)10-3-11-26(20)22(28)14-31-19/h2,4-5,17-18,20H,3,6-15H2,1H3,(H,25,27). The zero-order valence-electron chi connectivity index (χ0n) is 18.2. The molecule has 1 aliphatic carbocycles. The predicted octanol–water partition coefficient (Wildman–Crippen LogP) is 2.31. The van der Waals surface area contributed by atoms with Gasteiger partial charge in [0.15, 0.2) is 6.61 Å². The number of hydrogen-bond donors (Lipinski definition) is 1. The van der Waals surface area contributed by atoms with E-state index in [-0.39, 0.29) is 37.2 Å². The van der Waals surface area contributed by atoms with Gasteiger partial charge in [-0.25, -0.2) is 0 Å². The fraction of sp³-hybridized carbons (Fsp3) is 0.667. The lowest BCUT2D eigenvalue weighted by atomic mass is 9.80. The van der Waals surface area contributed by atoms with Crippen LogP contribution in [0.25, 0.3) is 0 Å². The summed E-state index contributed by atoms with van der Waals surface area (Å²) < 4.78 is 18.2. The quantitative estimate of drug-likeness (QED) is 0.686. The molecule has 31 heavy (non-hydrogen) atoms. The molecule has 3 fully saturated rings. The molecule has 1 aromatic rings. The minimum absolute atomic E-state index is 0.00597. The monoisotopic (exact) mass is 428 g/mol. The molecular formula is C24H32N2O5. The average molecular weight is 429 g/mol. The normalized spacial score (nSPS) is 34.0. The first-order valence-corrected chi connectivity index (χ1v) is 11.6. The third-order valence-electron chi connectivity index (χ3n) is 7.55. The lowest BCUT2D eigenvalue weighted by molar-refractivity contribution is -0.156. The number of hydrogen-bond acceptors (Lipinski definition) is 5. The molecule has 2 atom stereocenters. The summed E-state index contributed by atoms with van der Waals surface area (Å²) >= 11 is 0. The van der Waals surface area contributed by atoms with Crippen LogP contribution in [-0.4, -0.2) is 67.4 Å². The van der Waals surface area contributed by atoms with Crippen molar-refractivity contribution < 1.29 is 23.8 Å². The topological polar surface area (TPSA) is 77.1 Å². The summed E-state index contributed by atoms with van der Waals surface area (Å²) in [5, 5.41) is 3.16. The maximum atomic E-state index is 13.3. The SMILES string of the molecule is Cc1cccc2c1C1CCC(CC1)OCC1N(CCCC13COCC(=O)N3)C(=O)CO2. The van der Waals surface area contributed by atoms with E-state index >= 15 is 0 Å². The molecule has 6 rings (SSSR count). The van der Waals surface area contributed by atoms with E-state index in [0.717, 1.165) is 44.3 Å². The fourth-order valence-electron chi connectivity index (χ4n) is 5.99. The largest absolute Gasteiger partial charge is 0.483 e. The van der Waals surface area contributed by atoms with Crippen LogP contribution in [0, 0.1) is 6.92 Å². The van der Waals surface area contributed by atoms with Gasteiger partial charge >= 0.3 is 0 Å². The summed E-state index contributed by atoms with van der Waals surface area (Å²) in [6.07, 6.45) is 5.88. The van der Waals surface area contributed by atoms with Crippen molar-refractivity contribution in [3.63, 3.8) is 0 Å². The van der Waals surface area contributed by atoms with Crippen LogP contribution in [0.1, 0.15) is 55.6 Å². The molecule has 2 bridgehead atoms. The van der Waals surface area contributed by atoms with Gasteiger partial charge in [0.25, 0.3) is 5.91 Å². The summed E-state index contributed by atoms with van der Waals surface area (Å²) in [7, 11) is 0. The number of rotatable bonds is 0. The highest BCUT2D eigenvalue weighted by molar-refractivity contribution is 5.81. The molecule has 1 spiro atoms. The van der Waals surface area contributed by atoms with Gasteiger partial charge < -0.3 is 24.4 Å². The van der Waals surface area contributed by atoms with Crippen molar-refractivity contribution in [2.75, 3.05) is 33.0 Å². The van der Waals surface area contributed by atoms with Crippen molar-refractivity contribution in [2.24, 2.45) is 0 Å². The van der Waals surface area contributed by atoms with E-state index in [4.69, 9.17) is 14.2 Å². The number of fused-ring (bicyclic) bond motifs is 5. The van der Waals surface area contributed by atoms with Crippen molar-refractivity contribution >= 4 is 11.8 Å². The first kappa shape index (κ1) is 20.8. The highest BCUT2D eigenvalue weighted by atomic mass is 16.5. The number of ether oxygens (including phenoxy) is 3. The number of benzene rings is 1. The Kier molecular flexibility index (Phi) is 5.65. The Morgan fingerprint density at radius 1 is 1.13 bits per heavy atom. The number of piperidine rings is 1. The van der Waals surface area contributed by atoms with Crippen LogP contribution < -0.4 is 10.1 Å². The van der Waals surface area contributed by atoms with Crippen LogP contribution in [0.2, 0.25) is 0 Å². The molecule has 5 aliphatic rings. The van der Waals surface area contributed by atoms with E-state index < -0.39 is 5.54 Å². The lowest BCUT2D eigenvalue weighted by Gasteiger charge is -2.51. The van der Waals surface area contributed by atoms with Crippen molar-refractivity contribution in [1.29, 1.82) is 0 Å². The number of amides is 2. The van der Waals surface area contributed by atoms with Crippen molar-refractivity contribution in [3.8, 4) is 5.75 Å². The second-order valence-electron chi connectivity index (χ2n) is 9.49. The molecule has 0 aromatic heterocycles. The van der Waals surface area contributed by atoms with Gasteiger partial charge in [0.2, 0.25) is 5.91 Å². The first-order valence-electron chi connectivity index (χ1n) is 11.6. The Balaban J connectivity index is 1.47. The van der Waals surface area contributed by atoms with E-state index in [1.807, 2.05) is 17.0 Å². The zero-order chi connectivity index (χ0) is 21.4. The predicted molar refractivity (Wildman–Crippen MR) is 114 cm³/mol. The summed E-state index contributed by atoms with van der Waals surface area (Å²) in [6.45, 7) is 3.66. The van der Waals surface area contributed by atoms with E-state index in [0.29, 0.717) is 25.7 Å². The van der Waals surface area contributed by atoms with Crippen molar-refractivity contribution in [2.45, 2.75) is 69.1 Å². The van der Waals surface area contributed by atoms with Gasteiger partial charge in [0.05, 0.1) is 30.9 Å². The van der Waals surface area contributed by atoms with Crippen LogP contribution in [-0.2, 0) is 19.1 Å². The van der Waals surface area contributed by atoms with Crippen LogP contribution in [0.15, 0.2) is 18.2 Å². The zero-order valence-corrected chi connectivity index (χ0v) is 18.2. The molecule has 2 saturated heterocycles. The second-order valence-corrected chi connectivity index (χ2v) is 9.49. The van der Waals surface area contributed by atoms with E-state index in [9.17, 15) is 9.59 Å². The molecule has 7 nitrogen and oxygen atoms in total. The molecule has 4 heterocycles. The van der Waals surface area contributed by atoms with Gasteiger partial charge in [0.1, 0.15) is 12.4 Å². The van der Waals surface area contributed by atoms with Gasteiger partial charge in [-0.05, 0) is 63.0 Å². The van der Waals surface area contributed by atoms with Crippen LogP contribution in [0.4, 0.5) is 0 Å². The first-order chi connectivity index (χ1) is 15.1. The highest BCUT2D eigenvalue weighted by Gasteiger charge is 2.49. The Hall–Kier alpha value is -2.12. The molecule has 1 aromatic carbocycles. The number of carbonyl (C=O) groups is 2. The molecular weight excluding hydrogens is 396 g/mol. The number of nitrogens with zero attached hydrogens (tertiary/aromatic N) is 1. The van der Waals surface area contributed by atoms with Crippen LogP contribution in [0.5, 0.6) is 5.75 Å². The van der Waals surface area contributed by atoms with Crippen LogP contribution >= 0.6 is 0 Å². The van der Waals surface area contributed by atoms with E-state index in [1.54, 1.807) is 0 Å². The molecule has 4 aliphatic heterocycles. The lowest BCUT2D eigenvalue weighted by Crippen LogP contribution is -2.72. The molecule has 1 N–H and O–H groups in total. The Labute approximate surface area is 183 Å². The third kappa shape index (κ3) is 3.94. The van der Waals surface area contributed by atoms with Gasteiger partial charge in [-0.3, -0.25) is 9.59 Å². The third-order valence-corrected chi connectivity index (χ3v) is 7.55. The molecule has 2 amide bonds. The number of aryl methyl sites for hydroxylation is 1. The minimum atomic E-state index is -0.588.